The van der Waals surface area contributed by atoms with Crippen molar-refractivity contribution in [1.29, 1.82) is 0 Å². The standard InChI is InChI=1S/C16H29N3/c1-4-7-17-11-15-6-5-13(2)8-16(15)9-14-10-18-19(3)12-14/h10,12-13,15-17H,4-9,11H2,1-3H3. The first kappa shape index (κ1) is 14.6. The zero-order chi connectivity index (χ0) is 13.7. The summed E-state index contributed by atoms with van der Waals surface area (Å²) in [6.07, 6.45) is 10.8. The monoisotopic (exact) mass is 263 g/mol. The molecule has 1 aliphatic rings. The van der Waals surface area contributed by atoms with Gasteiger partial charge in [0.05, 0.1) is 6.20 Å². The lowest BCUT2D eigenvalue weighted by Crippen LogP contribution is -2.34. The van der Waals surface area contributed by atoms with E-state index in [9.17, 15) is 0 Å². The SMILES string of the molecule is CCCNCC1CCC(C)CC1Cc1cnn(C)c1. The molecule has 0 bridgehead atoms. The van der Waals surface area contributed by atoms with Gasteiger partial charge in [-0.25, -0.2) is 0 Å². The Morgan fingerprint density at radius 3 is 2.89 bits per heavy atom. The van der Waals surface area contributed by atoms with Crippen molar-refractivity contribution in [3.63, 3.8) is 0 Å². The first-order chi connectivity index (χ1) is 9.19. The molecule has 0 spiro atoms. The van der Waals surface area contributed by atoms with Crippen molar-refractivity contribution in [3.8, 4) is 0 Å². The third-order valence-corrected chi connectivity index (χ3v) is 4.49. The summed E-state index contributed by atoms with van der Waals surface area (Å²) in [4.78, 5) is 0. The number of aromatic nitrogens is 2. The highest BCUT2D eigenvalue weighted by Gasteiger charge is 2.28. The Hall–Kier alpha value is -0.830. The van der Waals surface area contributed by atoms with E-state index < -0.39 is 0 Å². The van der Waals surface area contributed by atoms with Gasteiger partial charge in [0, 0.05) is 13.2 Å². The van der Waals surface area contributed by atoms with Gasteiger partial charge in [-0.1, -0.05) is 20.3 Å². The molecule has 3 heteroatoms. The van der Waals surface area contributed by atoms with Crippen molar-refractivity contribution in [3.05, 3.63) is 18.0 Å². The molecule has 0 aromatic carbocycles. The van der Waals surface area contributed by atoms with Gasteiger partial charge in [0.1, 0.15) is 0 Å². The van der Waals surface area contributed by atoms with E-state index in [1.54, 1.807) is 0 Å². The van der Waals surface area contributed by atoms with Crippen LogP contribution in [0.2, 0.25) is 0 Å². The summed E-state index contributed by atoms with van der Waals surface area (Å²) in [7, 11) is 2.01. The lowest BCUT2D eigenvalue weighted by Gasteiger charge is -2.35. The van der Waals surface area contributed by atoms with Crippen LogP contribution in [0.25, 0.3) is 0 Å². The summed E-state index contributed by atoms with van der Waals surface area (Å²) in [6, 6.07) is 0. The van der Waals surface area contributed by atoms with Gasteiger partial charge in [-0.05, 0) is 62.1 Å². The minimum absolute atomic E-state index is 0.831. The normalized spacial score (nSPS) is 27.6. The molecular formula is C16H29N3. The molecule has 0 aliphatic heterocycles. The van der Waals surface area contributed by atoms with Gasteiger partial charge in [-0.3, -0.25) is 4.68 Å². The van der Waals surface area contributed by atoms with Gasteiger partial charge in [0.15, 0.2) is 0 Å². The van der Waals surface area contributed by atoms with Crippen LogP contribution in [-0.2, 0) is 13.5 Å². The quantitative estimate of drug-likeness (QED) is 0.800. The first-order valence-electron chi connectivity index (χ1n) is 7.87. The van der Waals surface area contributed by atoms with Crippen molar-refractivity contribution in [2.75, 3.05) is 13.1 Å². The minimum atomic E-state index is 0.831. The van der Waals surface area contributed by atoms with E-state index in [0.29, 0.717) is 0 Å². The summed E-state index contributed by atoms with van der Waals surface area (Å²) < 4.78 is 1.92. The highest BCUT2D eigenvalue weighted by Crippen LogP contribution is 2.35. The van der Waals surface area contributed by atoms with Crippen LogP contribution in [0.3, 0.4) is 0 Å². The zero-order valence-corrected chi connectivity index (χ0v) is 12.7. The number of aryl methyl sites for hydroxylation is 1. The molecule has 0 amide bonds. The van der Waals surface area contributed by atoms with Gasteiger partial charge in [-0.2, -0.15) is 5.10 Å². The molecule has 1 aliphatic carbocycles. The van der Waals surface area contributed by atoms with Crippen molar-refractivity contribution < 1.29 is 0 Å². The van der Waals surface area contributed by atoms with E-state index in [0.717, 1.165) is 24.3 Å². The largest absolute Gasteiger partial charge is 0.316 e. The molecule has 2 rings (SSSR count). The van der Waals surface area contributed by atoms with E-state index in [4.69, 9.17) is 0 Å². The molecule has 1 saturated carbocycles. The average Bonchev–Trinajstić information content (AvgIpc) is 2.78. The molecule has 3 unspecified atom stereocenters. The van der Waals surface area contributed by atoms with Gasteiger partial charge < -0.3 is 5.32 Å². The molecule has 19 heavy (non-hydrogen) atoms. The second kappa shape index (κ2) is 7.09. The van der Waals surface area contributed by atoms with E-state index in [1.165, 1.54) is 44.2 Å². The second-order valence-electron chi connectivity index (χ2n) is 6.37. The van der Waals surface area contributed by atoms with Crippen molar-refractivity contribution in [2.45, 2.75) is 46.0 Å². The maximum Gasteiger partial charge on any atom is 0.0521 e. The van der Waals surface area contributed by atoms with Crippen LogP contribution in [0.4, 0.5) is 0 Å². The number of rotatable bonds is 6. The summed E-state index contributed by atoms with van der Waals surface area (Å²) in [5.41, 5.74) is 1.40. The summed E-state index contributed by atoms with van der Waals surface area (Å²) in [5.74, 6) is 2.57. The molecule has 0 radical (unpaired) electrons. The Labute approximate surface area is 117 Å². The van der Waals surface area contributed by atoms with Crippen molar-refractivity contribution in [2.24, 2.45) is 24.8 Å². The van der Waals surface area contributed by atoms with Crippen molar-refractivity contribution in [1.82, 2.24) is 15.1 Å². The molecule has 1 N–H and O–H groups in total. The molecule has 1 fully saturated rings. The molecule has 1 heterocycles. The van der Waals surface area contributed by atoms with Gasteiger partial charge in [0.2, 0.25) is 0 Å². The fourth-order valence-corrected chi connectivity index (χ4v) is 3.42. The van der Waals surface area contributed by atoms with Crippen LogP contribution in [0.15, 0.2) is 12.4 Å². The smallest absolute Gasteiger partial charge is 0.0521 e. The second-order valence-corrected chi connectivity index (χ2v) is 6.37. The van der Waals surface area contributed by atoms with E-state index in [-0.39, 0.29) is 0 Å². The lowest BCUT2D eigenvalue weighted by atomic mass is 9.72. The molecule has 1 aromatic heterocycles. The Morgan fingerprint density at radius 1 is 1.37 bits per heavy atom. The molecule has 108 valence electrons. The first-order valence-corrected chi connectivity index (χ1v) is 7.87. The fourth-order valence-electron chi connectivity index (χ4n) is 3.42. The van der Waals surface area contributed by atoms with Gasteiger partial charge >= 0.3 is 0 Å². The van der Waals surface area contributed by atoms with Gasteiger partial charge in [-0.15, -0.1) is 0 Å². The van der Waals surface area contributed by atoms with Crippen molar-refractivity contribution >= 4 is 0 Å². The zero-order valence-electron chi connectivity index (χ0n) is 12.7. The Bertz CT molecular complexity index is 372. The highest BCUT2D eigenvalue weighted by molar-refractivity contribution is 5.06. The Kier molecular flexibility index (Phi) is 5.44. The lowest BCUT2D eigenvalue weighted by molar-refractivity contribution is 0.184. The minimum Gasteiger partial charge on any atom is -0.316 e. The number of nitrogens with zero attached hydrogens (tertiary/aromatic N) is 2. The van der Waals surface area contributed by atoms with Gasteiger partial charge in [0.25, 0.3) is 0 Å². The Morgan fingerprint density at radius 2 is 2.21 bits per heavy atom. The highest BCUT2D eigenvalue weighted by atomic mass is 15.2. The maximum atomic E-state index is 4.30. The molecule has 1 aromatic rings. The van der Waals surface area contributed by atoms with Crippen LogP contribution in [-0.4, -0.2) is 22.9 Å². The van der Waals surface area contributed by atoms with Crippen LogP contribution < -0.4 is 5.32 Å². The summed E-state index contributed by atoms with van der Waals surface area (Å²) in [6.45, 7) is 7.01. The van der Waals surface area contributed by atoms with E-state index in [2.05, 4.69) is 30.5 Å². The molecule has 3 atom stereocenters. The van der Waals surface area contributed by atoms with E-state index in [1.807, 2.05) is 17.9 Å². The average molecular weight is 263 g/mol. The number of nitrogens with one attached hydrogen (secondary N) is 1. The predicted molar refractivity (Wildman–Crippen MR) is 80.1 cm³/mol. The third-order valence-electron chi connectivity index (χ3n) is 4.49. The Balaban J connectivity index is 1.91. The summed E-state index contributed by atoms with van der Waals surface area (Å²) >= 11 is 0. The number of hydrogen-bond donors (Lipinski definition) is 1. The molecule has 3 nitrogen and oxygen atoms in total. The number of hydrogen-bond acceptors (Lipinski definition) is 2. The fraction of sp³-hybridized carbons (Fsp3) is 0.812. The predicted octanol–water partition coefficient (Wildman–Crippen LogP) is 3.01. The third kappa shape index (κ3) is 4.34. The van der Waals surface area contributed by atoms with Crippen LogP contribution in [0.1, 0.15) is 45.1 Å². The van der Waals surface area contributed by atoms with Crippen LogP contribution in [0.5, 0.6) is 0 Å². The van der Waals surface area contributed by atoms with E-state index >= 15 is 0 Å². The molecule has 0 saturated heterocycles. The molecular weight excluding hydrogens is 234 g/mol. The van der Waals surface area contributed by atoms with Crippen LogP contribution in [0, 0.1) is 17.8 Å². The summed E-state index contributed by atoms with van der Waals surface area (Å²) in [5, 5.41) is 7.92. The van der Waals surface area contributed by atoms with Crippen LogP contribution >= 0.6 is 0 Å². The maximum absolute atomic E-state index is 4.30. The topological polar surface area (TPSA) is 29.9 Å².